The SMILES string of the molecule is CCCC(C)C(C)(C)OOc1ccc(C(C)C)cc1. The van der Waals surface area contributed by atoms with Gasteiger partial charge in [0.1, 0.15) is 5.60 Å². The van der Waals surface area contributed by atoms with E-state index < -0.39 is 0 Å². The molecule has 0 saturated heterocycles. The highest BCUT2D eigenvalue weighted by atomic mass is 17.2. The Morgan fingerprint density at radius 3 is 2.11 bits per heavy atom. The van der Waals surface area contributed by atoms with Crippen LogP contribution in [0, 0.1) is 5.92 Å². The molecule has 2 heteroatoms. The molecular weight excluding hydrogens is 236 g/mol. The van der Waals surface area contributed by atoms with E-state index in [0.29, 0.717) is 11.8 Å². The van der Waals surface area contributed by atoms with Crippen LogP contribution in [0.25, 0.3) is 0 Å². The van der Waals surface area contributed by atoms with E-state index in [0.717, 1.165) is 18.6 Å². The highest BCUT2D eigenvalue weighted by molar-refractivity contribution is 5.28. The highest BCUT2D eigenvalue weighted by Crippen LogP contribution is 2.27. The largest absolute Gasteiger partial charge is 0.337 e. The van der Waals surface area contributed by atoms with Crippen LogP contribution in [0.5, 0.6) is 5.75 Å². The fourth-order valence-corrected chi connectivity index (χ4v) is 1.93. The summed E-state index contributed by atoms with van der Waals surface area (Å²) in [6, 6.07) is 8.11. The molecule has 1 rings (SSSR count). The van der Waals surface area contributed by atoms with Gasteiger partial charge >= 0.3 is 0 Å². The molecule has 0 aliphatic carbocycles. The molecule has 0 aromatic heterocycles. The quantitative estimate of drug-likeness (QED) is 0.489. The second-order valence-electron chi connectivity index (χ2n) is 6.18. The third-order valence-electron chi connectivity index (χ3n) is 3.81. The summed E-state index contributed by atoms with van der Waals surface area (Å²) in [5.74, 6) is 1.77. The molecule has 2 nitrogen and oxygen atoms in total. The normalized spacial score (nSPS) is 13.6. The minimum Gasteiger partial charge on any atom is -0.337 e. The fourth-order valence-electron chi connectivity index (χ4n) is 1.93. The van der Waals surface area contributed by atoms with E-state index in [4.69, 9.17) is 9.78 Å². The third kappa shape index (κ3) is 4.87. The van der Waals surface area contributed by atoms with Crippen molar-refractivity contribution in [2.75, 3.05) is 0 Å². The Morgan fingerprint density at radius 1 is 1.05 bits per heavy atom. The van der Waals surface area contributed by atoms with E-state index in [9.17, 15) is 0 Å². The second-order valence-corrected chi connectivity index (χ2v) is 6.18. The summed E-state index contributed by atoms with van der Waals surface area (Å²) in [5, 5.41) is 0. The minimum atomic E-state index is -0.271. The van der Waals surface area contributed by atoms with Crippen LogP contribution >= 0.6 is 0 Å². The molecule has 0 radical (unpaired) electrons. The van der Waals surface area contributed by atoms with Gasteiger partial charge in [-0.15, -0.1) is 0 Å². The molecule has 0 bridgehead atoms. The zero-order valence-electron chi connectivity index (χ0n) is 13.2. The van der Waals surface area contributed by atoms with Gasteiger partial charge in [-0.3, -0.25) is 0 Å². The van der Waals surface area contributed by atoms with Crippen LogP contribution in [0.2, 0.25) is 0 Å². The van der Waals surface area contributed by atoms with Crippen molar-refractivity contribution in [3.05, 3.63) is 29.8 Å². The standard InChI is InChI=1S/C17H28O2/c1-7-8-14(4)17(5,6)19-18-16-11-9-15(10-12-16)13(2)3/h9-14H,7-8H2,1-6H3. The van der Waals surface area contributed by atoms with Crippen molar-refractivity contribution in [2.24, 2.45) is 5.92 Å². The Balaban J connectivity index is 2.56. The lowest BCUT2D eigenvalue weighted by Gasteiger charge is -2.29. The smallest absolute Gasteiger partial charge is 0.165 e. The highest BCUT2D eigenvalue weighted by Gasteiger charge is 2.28. The summed E-state index contributed by atoms with van der Waals surface area (Å²) in [4.78, 5) is 11.1. The van der Waals surface area contributed by atoms with Crippen LogP contribution in [0.15, 0.2) is 24.3 Å². The first-order chi connectivity index (χ1) is 8.86. The Labute approximate surface area is 118 Å². The van der Waals surface area contributed by atoms with E-state index in [1.54, 1.807) is 0 Å². The summed E-state index contributed by atoms with van der Waals surface area (Å²) in [7, 11) is 0. The number of rotatable bonds is 7. The molecule has 0 fully saturated rings. The zero-order valence-corrected chi connectivity index (χ0v) is 13.2. The molecule has 0 aliphatic rings. The predicted octanol–water partition coefficient (Wildman–Crippen LogP) is 5.34. The van der Waals surface area contributed by atoms with Crippen molar-refractivity contribution < 1.29 is 9.78 Å². The van der Waals surface area contributed by atoms with Crippen LogP contribution in [0.4, 0.5) is 0 Å². The first kappa shape index (κ1) is 16.0. The van der Waals surface area contributed by atoms with Crippen LogP contribution in [-0.4, -0.2) is 5.60 Å². The summed E-state index contributed by atoms with van der Waals surface area (Å²) < 4.78 is 0. The van der Waals surface area contributed by atoms with Gasteiger partial charge in [-0.05, 0) is 49.8 Å². The predicted molar refractivity (Wildman–Crippen MR) is 80.4 cm³/mol. The van der Waals surface area contributed by atoms with Gasteiger partial charge in [-0.25, -0.2) is 0 Å². The molecule has 1 unspecified atom stereocenters. The number of benzene rings is 1. The Hall–Kier alpha value is -1.02. The fraction of sp³-hybridized carbons (Fsp3) is 0.647. The molecule has 1 aromatic rings. The summed E-state index contributed by atoms with van der Waals surface area (Å²) >= 11 is 0. The van der Waals surface area contributed by atoms with Gasteiger partial charge in [0, 0.05) is 0 Å². The Kier molecular flexibility index (Phi) is 5.86. The van der Waals surface area contributed by atoms with Gasteiger partial charge < -0.3 is 4.89 Å². The van der Waals surface area contributed by atoms with Crippen molar-refractivity contribution in [1.82, 2.24) is 0 Å². The maximum atomic E-state index is 5.63. The van der Waals surface area contributed by atoms with Crippen LogP contribution in [0.3, 0.4) is 0 Å². The van der Waals surface area contributed by atoms with E-state index in [1.807, 2.05) is 12.1 Å². The van der Waals surface area contributed by atoms with Crippen LogP contribution < -0.4 is 4.89 Å². The lowest BCUT2D eigenvalue weighted by molar-refractivity contribution is -0.295. The van der Waals surface area contributed by atoms with Gasteiger partial charge in [0.25, 0.3) is 0 Å². The summed E-state index contributed by atoms with van der Waals surface area (Å²) in [5.41, 5.74) is 1.04. The molecule has 1 aromatic carbocycles. The first-order valence-corrected chi connectivity index (χ1v) is 7.32. The lowest BCUT2D eigenvalue weighted by atomic mass is 9.89. The second kappa shape index (κ2) is 6.95. The summed E-state index contributed by atoms with van der Waals surface area (Å²) in [6.45, 7) is 12.9. The maximum absolute atomic E-state index is 5.63. The molecule has 0 heterocycles. The van der Waals surface area contributed by atoms with Crippen molar-refractivity contribution in [3.8, 4) is 5.75 Å². The molecule has 0 N–H and O–H groups in total. The molecular formula is C17H28O2. The third-order valence-corrected chi connectivity index (χ3v) is 3.81. The molecule has 0 amide bonds. The molecule has 1 atom stereocenters. The maximum Gasteiger partial charge on any atom is 0.165 e. The molecule has 0 spiro atoms. The van der Waals surface area contributed by atoms with E-state index in [-0.39, 0.29) is 5.60 Å². The number of hydrogen-bond donors (Lipinski definition) is 0. The Bertz CT molecular complexity index is 365. The summed E-state index contributed by atoms with van der Waals surface area (Å²) in [6.07, 6.45) is 2.31. The number of hydrogen-bond acceptors (Lipinski definition) is 2. The van der Waals surface area contributed by atoms with Crippen molar-refractivity contribution >= 4 is 0 Å². The zero-order chi connectivity index (χ0) is 14.5. The Morgan fingerprint density at radius 2 is 1.63 bits per heavy atom. The molecule has 0 aliphatic heterocycles. The van der Waals surface area contributed by atoms with Crippen molar-refractivity contribution in [3.63, 3.8) is 0 Å². The van der Waals surface area contributed by atoms with Gasteiger partial charge in [-0.2, -0.15) is 4.89 Å². The van der Waals surface area contributed by atoms with Crippen LogP contribution in [0.1, 0.15) is 65.9 Å². The van der Waals surface area contributed by atoms with Crippen molar-refractivity contribution in [2.45, 2.75) is 65.9 Å². The van der Waals surface area contributed by atoms with Crippen LogP contribution in [-0.2, 0) is 4.89 Å². The van der Waals surface area contributed by atoms with Gasteiger partial charge in [-0.1, -0.05) is 46.2 Å². The molecule has 0 saturated carbocycles. The average molecular weight is 264 g/mol. The van der Waals surface area contributed by atoms with Gasteiger partial charge in [0.2, 0.25) is 0 Å². The van der Waals surface area contributed by atoms with E-state index in [2.05, 4.69) is 53.7 Å². The van der Waals surface area contributed by atoms with E-state index in [1.165, 1.54) is 5.56 Å². The van der Waals surface area contributed by atoms with Gasteiger partial charge in [0.15, 0.2) is 5.75 Å². The van der Waals surface area contributed by atoms with E-state index >= 15 is 0 Å². The molecule has 108 valence electrons. The molecule has 19 heavy (non-hydrogen) atoms. The lowest BCUT2D eigenvalue weighted by Crippen LogP contribution is -2.34. The first-order valence-electron chi connectivity index (χ1n) is 7.32. The average Bonchev–Trinajstić information content (AvgIpc) is 2.37. The van der Waals surface area contributed by atoms with Gasteiger partial charge in [0.05, 0.1) is 0 Å². The van der Waals surface area contributed by atoms with Crippen molar-refractivity contribution in [1.29, 1.82) is 0 Å². The topological polar surface area (TPSA) is 18.5 Å². The minimum absolute atomic E-state index is 0.271. The monoisotopic (exact) mass is 264 g/mol.